The standard InChI is InChI=1S/C36H44O17/c1-8-21(39)47-15-32-19(11-22(40)45-7)29(4)14-33(32)34(44,28(29)49-17(3)38)27(43)35-20-12-23(41)50-25(18-9-10-46-13-18)30(20,5)26(48-16(2)37)24(42)36(32,35)53-31(6,51-33)52-35/h9-10,13,19-20,24-28,42-44H,8,11-12,14-15H2,1-7H3/t19-,20+,24+,25-,26-,27+,28-,29-,30+,31?,32+,33+,34+,35+,36-/m0/s1. The number of ether oxygens (including phenoxy) is 8. The monoisotopic (exact) mass is 748 g/mol. The molecule has 15 atom stereocenters. The van der Waals surface area contributed by atoms with E-state index >= 15 is 0 Å². The van der Waals surface area contributed by atoms with Gasteiger partial charge < -0.3 is 57.6 Å². The zero-order valence-electron chi connectivity index (χ0n) is 30.4. The highest BCUT2D eigenvalue weighted by molar-refractivity contribution is 5.74. The fourth-order valence-corrected chi connectivity index (χ4v) is 12.8. The molecule has 4 saturated carbocycles. The molecule has 1 aromatic heterocycles. The molecule has 0 aromatic carbocycles. The lowest BCUT2D eigenvalue weighted by atomic mass is 9.32. The Morgan fingerprint density at radius 1 is 1.00 bits per heavy atom. The van der Waals surface area contributed by atoms with Crippen molar-refractivity contribution in [3.05, 3.63) is 24.2 Å². The van der Waals surface area contributed by atoms with E-state index in [2.05, 4.69) is 0 Å². The van der Waals surface area contributed by atoms with Crippen molar-refractivity contribution in [3.63, 3.8) is 0 Å². The van der Waals surface area contributed by atoms with E-state index in [4.69, 9.17) is 42.3 Å². The van der Waals surface area contributed by atoms with Gasteiger partial charge in [0.1, 0.15) is 53.9 Å². The van der Waals surface area contributed by atoms with E-state index in [1.807, 2.05) is 0 Å². The van der Waals surface area contributed by atoms with Crippen LogP contribution in [0.2, 0.25) is 0 Å². The molecule has 8 rings (SSSR count). The van der Waals surface area contributed by atoms with Gasteiger partial charge in [-0.15, -0.1) is 0 Å². The summed E-state index contributed by atoms with van der Waals surface area (Å²) < 4.78 is 55.0. The first-order valence-corrected chi connectivity index (χ1v) is 17.7. The van der Waals surface area contributed by atoms with Crippen LogP contribution in [0.3, 0.4) is 0 Å². The number of hydrogen-bond acceptors (Lipinski definition) is 17. The molecule has 3 saturated heterocycles. The summed E-state index contributed by atoms with van der Waals surface area (Å²) in [5.41, 5.74) is -14.5. The third kappa shape index (κ3) is 3.72. The van der Waals surface area contributed by atoms with Crippen molar-refractivity contribution in [2.24, 2.45) is 28.1 Å². The lowest BCUT2D eigenvalue weighted by molar-refractivity contribution is -0.497. The number of furan rings is 1. The van der Waals surface area contributed by atoms with Gasteiger partial charge in [0.25, 0.3) is 5.97 Å². The summed E-state index contributed by atoms with van der Waals surface area (Å²) in [6.07, 6.45) is -7.42. The average molecular weight is 749 g/mol. The quantitative estimate of drug-likeness (QED) is 0.246. The fraction of sp³-hybridized carbons (Fsp3) is 0.750. The molecule has 2 spiro atoms. The Balaban J connectivity index is 1.52. The molecular formula is C36H44O17. The van der Waals surface area contributed by atoms with Gasteiger partial charge in [0.05, 0.1) is 36.9 Å². The number of esters is 5. The number of aliphatic hydroxyl groups excluding tert-OH is 2. The second-order valence-corrected chi connectivity index (χ2v) is 16.3. The Morgan fingerprint density at radius 3 is 2.30 bits per heavy atom. The normalized spacial score (nSPS) is 50.8. The molecule has 0 radical (unpaired) electrons. The second kappa shape index (κ2) is 10.8. The van der Waals surface area contributed by atoms with Gasteiger partial charge in [-0.05, 0) is 18.4 Å². The van der Waals surface area contributed by atoms with Crippen molar-refractivity contribution >= 4 is 29.8 Å². The van der Waals surface area contributed by atoms with Crippen LogP contribution < -0.4 is 0 Å². The second-order valence-electron chi connectivity index (χ2n) is 16.3. The first-order chi connectivity index (χ1) is 24.8. The predicted molar refractivity (Wildman–Crippen MR) is 168 cm³/mol. The number of hydrogen-bond donors (Lipinski definition) is 3. The molecule has 17 nitrogen and oxygen atoms in total. The van der Waals surface area contributed by atoms with Crippen LogP contribution in [0.1, 0.15) is 78.9 Å². The number of carbonyl (C=O) groups excluding carboxylic acids is 5. The smallest absolute Gasteiger partial charge is 0.306 e. The lowest BCUT2D eigenvalue weighted by Crippen LogP contribution is -2.98. The predicted octanol–water partition coefficient (Wildman–Crippen LogP) is 0.743. The SMILES string of the molecule is CCC(=O)OC[C@@]12[C@@H](CC(=O)OC)[C@]3(C)C[C@@]14OC1(C)O[C@]5([C@@H]6CC(=O)O[C@@H](c7ccoc7)[C@]6(C)[C@@H](OC(C)=O)[C@@H](O)[C@@]52O1)[C@H](O)[C@@]4(O)[C@H]3OC(C)=O. The number of methoxy groups -OCH3 is 1. The topological polar surface area (TPSA) is 233 Å². The van der Waals surface area contributed by atoms with Crippen LogP contribution >= 0.6 is 0 Å². The molecule has 3 N–H and O–H groups in total. The summed E-state index contributed by atoms with van der Waals surface area (Å²) in [7, 11) is 1.17. The van der Waals surface area contributed by atoms with Crippen LogP contribution in [-0.2, 0) is 61.9 Å². The average Bonchev–Trinajstić information content (AvgIpc) is 3.79. The largest absolute Gasteiger partial charge is 0.472 e. The molecule has 290 valence electrons. The molecule has 53 heavy (non-hydrogen) atoms. The first-order valence-electron chi connectivity index (χ1n) is 17.7. The van der Waals surface area contributed by atoms with E-state index in [1.165, 1.54) is 32.6 Å². The minimum atomic E-state index is -2.63. The third-order valence-corrected chi connectivity index (χ3v) is 14.1. The number of rotatable bonds is 8. The number of cyclic esters (lactones) is 1. The van der Waals surface area contributed by atoms with Crippen LogP contribution in [0.25, 0.3) is 0 Å². The minimum absolute atomic E-state index is 0.101. The van der Waals surface area contributed by atoms with Crippen LogP contribution in [-0.4, -0.2) is 112 Å². The van der Waals surface area contributed by atoms with E-state index in [1.54, 1.807) is 20.8 Å². The van der Waals surface area contributed by atoms with Gasteiger partial charge >= 0.3 is 29.8 Å². The van der Waals surface area contributed by atoms with E-state index < -0.39 is 136 Å². The van der Waals surface area contributed by atoms with Crippen molar-refractivity contribution in [2.45, 2.75) is 126 Å². The Bertz CT molecular complexity index is 1800. The maximum absolute atomic E-state index is 13.9. The van der Waals surface area contributed by atoms with Crippen LogP contribution in [0, 0.1) is 28.1 Å². The lowest BCUT2D eigenvalue weighted by Gasteiger charge is -2.78. The van der Waals surface area contributed by atoms with Crippen molar-refractivity contribution in [1.82, 2.24) is 0 Å². The molecule has 7 aliphatic rings. The summed E-state index contributed by atoms with van der Waals surface area (Å²) in [4.78, 5) is 66.5. The van der Waals surface area contributed by atoms with Crippen molar-refractivity contribution in [2.75, 3.05) is 13.7 Å². The van der Waals surface area contributed by atoms with Crippen LogP contribution in [0.15, 0.2) is 23.0 Å². The highest BCUT2D eigenvalue weighted by atomic mass is 16.9. The Labute approximate surface area is 303 Å². The van der Waals surface area contributed by atoms with Crippen molar-refractivity contribution in [3.8, 4) is 0 Å². The molecule has 17 heteroatoms. The zero-order valence-corrected chi connectivity index (χ0v) is 30.4. The van der Waals surface area contributed by atoms with Crippen molar-refractivity contribution in [1.29, 1.82) is 0 Å². The van der Waals surface area contributed by atoms with Gasteiger partial charge in [0, 0.05) is 50.5 Å². The first kappa shape index (κ1) is 36.4. The molecular weight excluding hydrogens is 704 g/mol. The minimum Gasteiger partial charge on any atom is -0.472 e. The Morgan fingerprint density at radius 2 is 1.70 bits per heavy atom. The highest BCUT2D eigenvalue weighted by Crippen LogP contribution is 2.89. The summed E-state index contributed by atoms with van der Waals surface area (Å²) in [5, 5.41) is 40.1. The fourth-order valence-electron chi connectivity index (χ4n) is 12.8. The molecule has 3 aliphatic heterocycles. The maximum Gasteiger partial charge on any atom is 0.306 e. The summed E-state index contributed by atoms with van der Waals surface area (Å²) in [5.74, 6) is -8.67. The van der Waals surface area contributed by atoms with Gasteiger partial charge in [-0.3, -0.25) is 24.0 Å². The number of fused-ring (bicyclic) bond motifs is 3. The molecule has 4 aliphatic carbocycles. The molecule has 4 bridgehead atoms. The highest BCUT2D eigenvalue weighted by Gasteiger charge is 3.06. The molecule has 1 unspecified atom stereocenters. The van der Waals surface area contributed by atoms with Gasteiger partial charge in [0.2, 0.25) is 0 Å². The summed E-state index contributed by atoms with van der Waals surface area (Å²) >= 11 is 0. The van der Waals surface area contributed by atoms with Gasteiger partial charge in [0.15, 0.2) is 5.60 Å². The Kier molecular flexibility index (Phi) is 7.40. The molecule has 0 amide bonds. The molecule has 4 heterocycles. The van der Waals surface area contributed by atoms with Gasteiger partial charge in [-0.25, -0.2) is 0 Å². The third-order valence-electron chi connectivity index (χ3n) is 14.1. The number of carbonyl (C=O) groups is 5. The Hall–Kier alpha value is -3.61. The number of aliphatic hydroxyl groups is 3. The van der Waals surface area contributed by atoms with E-state index in [9.17, 15) is 39.3 Å². The van der Waals surface area contributed by atoms with Gasteiger partial charge in [-0.1, -0.05) is 20.8 Å². The van der Waals surface area contributed by atoms with E-state index in [0.29, 0.717) is 5.56 Å². The van der Waals surface area contributed by atoms with Gasteiger partial charge in [-0.2, -0.15) is 0 Å². The van der Waals surface area contributed by atoms with Crippen molar-refractivity contribution < 1.29 is 81.6 Å². The van der Waals surface area contributed by atoms with E-state index in [-0.39, 0.29) is 12.8 Å². The zero-order chi connectivity index (χ0) is 38.5. The maximum atomic E-state index is 13.9. The molecule has 1 aromatic rings. The molecule has 7 fully saturated rings. The summed E-state index contributed by atoms with van der Waals surface area (Å²) in [6, 6.07) is 1.53. The summed E-state index contributed by atoms with van der Waals surface area (Å²) in [6.45, 7) is 7.72. The van der Waals surface area contributed by atoms with E-state index in [0.717, 1.165) is 13.8 Å². The van der Waals surface area contributed by atoms with Crippen LogP contribution in [0.5, 0.6) is 0 Å². The van der Waals surface area contributed by atoms with Crippen LogP contribution in [0.4, 0.5) is 0 Å².